The maximum absolute atomic E-state index is 5.55. The van der Waals surface area contributed by atoms with Gasteiger partial charge in [-0.15, -0.1) is 13.2 Å². The van der Waals surface area contributed by atoms with Crippen LogP contribution >= 0.6 is 0 Å². The van der Waals surface area contributed by atoms with Gasteiger partial charge in [0.2, 0.25) is 0 Å². The van der Waals surface area contributed by atoms with Crippen molar-refractivity contribution in [3.63, 3.8) is 0 Å². The van der Waals surface area contributed by atoms with Crippen LogP contribution in [0.2, 0.25) is 0 Å². The van der Waals surface area contributed by atoms with Gasteiger partial charge in [0.15, 0.2) is 0 Å². The van der Waals surface area contributed by atoms with Gasteiger partial charge in [-0.1, -0.05) is 74.9 Å². The lowest BCUT2D eigenvalue weighted by molar-refractivity contribution is 0.149. The van der Waals surface area contributed by atoms with Gasteiger partial charge in [0, 0.05) is 0 Å². The average Bonchev–Trinajstić information content (AvgIpc) is 2.79. The summed E-state index contributed by atoms with van der Waals surface area (Å²) in [4.78, 5) is 0. The third kappa shape index (κ3) is 7.73. The van der Waals surface area contributed by atoms with Crippen LogP contribution in [0.4, 0.5) is 0 Å². The van der Waals surface area contributed by atoms with Gasteiger partial charge in [0.25, 0.3) is 0 Å². The van der Waals surface area contributed by atoms with Gasteiger partial charge in [-0.05, 0) is 79.7 Å². The maximum Gasteiger partial charge on any atom is 0.0721 e. The lowest BCUT2D eigenvalue weighted by Crippen LogP contribution is -2.15. The Labute approximate surface area is 186 Å². The zero-order valence-corrected chi connectivity index (χ0v) is 19.2. The molecule has 2 fully saturated rings. The fourth-order valence-corrected chi connectivity index (χ4v) is 5.79. The van der Waals surface area contributed by atoms with Crippen molar-refractivity contribution >= 4 is 0 Å². The van der Waals surface area contributed by atoms with Gasteiger partial charge in [0.1, 0.15) is 0 Å². The molecule has 1 nitrogen and oxygen atoms in total. The number of hydrogen-bond donors (Lipinski definition) is 0. The molecule has 1 heteroatoms. The van der Waals surface area contributed by atoms with Crippen molar-refractivity contribution in [2.24, 2.45) is 17.8 Å². The van der Waals surface area contributed by atoms with E-state index >= 15 is 0 Å². The van der Waals surface area contributed by atoms with E-state index in [1.54, 1.807) is 0 Å². The predicted octanol–water partition coefficient (Wildman–Crippen LogP) is 8.61. The second-order valence-electron chi connectivity index (χ2n) is 9.96. The number of allylic oxidation sites excluding steroid dienone is 1. The van der Waals surface area contributed by atoms with Crippen molar-refractivity contribution < 1.29 is 4.74 Å². The molecule has 0 heterocycles. The Morgan fingerprint density at radius 2 is 1.30 bits per heavy atom. The molecular weight excluding hydrogens is 364 g/mol. The molecule has 166 valence electrons. The molecule has 3 rings (SSSR count). The smallest absolute Gasteiger partial charge is 0.0721 e. The van der Waals surface area contributed by atoms with E-state index in [9.17, 15) is 0 Å². The molecular formula is C29H44O. The van der Waals surface area contributed by atoms with Crippen LogP contribution in [0.15, 0.2) is 49.6 Å². The third-order valence-corrected chi connectivity index (χ3v) is 7.74. The molecule has 0 radical (unpaired) electrons. The molecule has 0 bridgehead atoms. The van der Waals surface area contributed by atoms with Crippen molar-refractivity contribution in [1.82, 2.24) is 0 Å². The fraction of sp³-hybridized carbons (Fsp3) is 0.655. The Kier molecular flexibility index (Phi) is 10.2. The van der Waals surface area contributed by atoms with E-state index in [0.29, 0.717) is 13.2 Å². The molecule has 1 aromatic carbocycles. The highest BCUT2D eigenvalue weighted by molar-refractivity contribution is 5.25. The Bertz CT molecular complexity index is 600. The summed E-state index contributed by atoms with van der Waals surface area (Å²) in [5.41, 5.74) is 2.80. The highest BCUT2D eigenvalue weighted by Crippen LogP contribution is 2.38. The minimum absolute atomic E-state index is 0.628. The van der Waals surface area contributed by atoms with Crippen LogP contribution in [-0.2, 0) is 11.3 Å². The first-order chi connectivity index (χ1) is 14.8. The summed E-state index contributed by atoms with van der Waals surface area (Å²) < 4.78 is 5.55. The monoisotopic (exact) mass is 408 g/mol. The summed E-state index contributed by atoms with van der Waals surface area (Å²) in [5, 5.41) is 0. The number of unbranched alkanes of at least 4 members (excludes halogenated alkanes) is 1. The van der Waals surface area contributed by atoms with E-state index in [-0.39, 0.29) is 0 Å². The zero-order chi connectivity index (χ0) is 21.0. The second-order valence-corrected chi connectivity index (χ2v) is 9.96. The van der Waals surface area contributed by atoms with Crippen molar-refractivity contribution in [3.05, 3.63) is 60.7 Å². The first kappa shape index (κ1) is 23.3. The van der Waals surface area contributed by atoms with Crippen molar-refractivity contribution in [1.29, 1.82) is 0 Å². The van der Waals surface area contributed by atoms with Crippen LogP contribution in [0, 0.1) is 17.8 Å². The van der Waals surface area contributed by atoms with Gasteiger partial charge in [-0.2, -0.15) is 0 Å². The quantitative estimate of drug-likeness (QED) is 0.248. The number of rotatable bonds is 12. The van der Waals surface area contributed by atoms with E-state index in [4.69, 9.17) is 4.74 Å². The molecule has 0 spiro atoms. The molecule has 2 aliphatic rings. The van der Waals surface area contributed by atoms with Crippen molar-refractivity contribution in [2.45, 2.75) is 96.0 Å². The Morgan fingerprint density at radius 1 is 0.733 bits per heavy atom. The van der Waals surface area contributed by atoms with Crippen LogP contribution in [0.3, 0.4) is 0 Å². The van der Waals surface area contributed by atoms with Gasteiger partial charge >= 0.3 is 0 Å². The van der Waals surface area contributed by atoms with Gasteiger partial charge in [0.05, 0.1) is 13.2 Å². The van der Waals surface area contributed by atoms with Gasteiger partial charge in [-0.3, -0.25) is 0 Å². The number of hydrogen-bond acceptors (Lipinski definition) is 1. The van der Waals surface area contributed by atoms with E-state index < -0.39 is 0 Å². The lowest BCUT2D eigenvalue weighted by Gasteiger charge is -2.30. The lowest BCUT2D eigenvalue weighted by atomic mass is 9.76. The topological polar surface area (TPSA) is 9.23 Å². The maximum atomic E-state index is 5.55. The molecule has 1 aromatic rings. The molecule has 0 saturated heterocycles. The van der Waals surface area contributed by atoms with Crippen LogP contribution in [-0.4, -0.2) is 6.61 Å². The minimum atomic E-state index is 0.628. The van der Waals surface area contributed by atoms with Crippen LogP contribution < -0.4 is 0 Å². The predicted molar refractivity (Wildman–Crippen MR) is 130 cm³/mol. The summed E-state index contributed by atoms with van der Waals surface area (Å²) in [6, 6.07) is 9.16. The second kappa shape index (κ2) is 13.2. The highest BCUT2D eigenvalue weighted by Gasteiger charge is 2.23. The average molecular weight is 409 g/mol. The molecule has 30 heavy (non-hydrogen) atoms. The molecule has 0 N–H and O–H groups in total. The molecule has 2 aliphatic carbocycles. The Balaban J connectivity index is 1.27. The third-order valence-electron chi connectivity index (χ3n) is 7.74. The summed E-state index contributed by atoms with van der Waals surface area (Å²) in [6.07, 6.45) is 22.5. The van der Waals surface area contributed by atoms with Crippen LogP contribution in [0.1, 0.15) is 101 Å². The summed E-state index contributed by atoms with van der Waals surface area (Å²) >= 11 is 0. The van der Waals surface area contributed by atoms with Crippen LogP contribution in [0.5, 0.6) is 0 Å². The SMILES string of the molecule is C=CCOCc1ccc(C2CCC(CCCC[C@H]3CC[C@H](CC=C)CC3)CC2)cc1. The molecule has 0 amide bonds. The summed E-state index contributed by atoms with van der Waals surface area (Å²) in [6.45, 7) is 8.92. The molecule has 0 unspecified atom stereocenters. The van der Waals surface area contributed by atoms with E-state index in [1.807, 2.05) is 6.08 Å². The molecule has 0 aliphatic heterocycles. The molecule has 2 saturated carbocycles. The normalized spacial score (nSPS) is 26.9. The van der Waals surface area contributed by atoms with E-state index in [2.05, 4.69) is 43.5 Å². The largest absolute Gasteiger partial charge is 0.373 e. The molecule has 0 aromatic heterocycles. The van der Waals surface area contributed by atoms with Crippen LogP contribution in [0.25, 0.3) is 0 Å². The first-order valence-corrected chi connectivity index (χ1v) is 12.7. The standard InChI is InChI=1S/C29H44O/c1-3-7-24-10-12-25(13-11-24)8-5-6-9-26-14-18-28(19-15-26)29-20-16-27(17-21-29)23-30-22-4-2/h3-4,16-17,20-21,24-26,28H,1-2,5-15,18-19,22-23H2/t24-,25-,26?,28?. The number of benzene rings is 1. The molecule has 0 atom stereocenters. The van der Waals surface area contributed by atoms with E-state index in [1.165, 1.54) is 94.6 Å². The number of ether oxygens (including phenoxy) is 1. The Morgan fingerprint density at radius 3 is 1.87 bits per heavy atom. The van der Waals surface area contributed by atoms with E-state index in [0.717, 1.165) is 23.7 Å². The van der Waals surface area contributed by atoms with Crippen molar-refractivity contribution in [3.8, 4) is 0 Å². The Hall–Kier alpha value is -1.34. The summed E-state index contributed by atoms with van der Waals surface area (Å²) in [7, 11) is 0. The zero-order valence-electron chi connectivity index (χ0n) is 19.2. The minimum Gasteiger partial charge on any atom is -0.373 e. The van der Waals surface area contributed by atoms with Crippen molar-refractivity contribution in [2.75, 3.05) is 6.61 Å². The van der Waals surface area contributed by atoms with Gasteiger partial charge < -0.3 is 4.74 Å². The summed E-state index contributed by atoms with van der Waals surface area (Å²) in [5.74, 6) is 3.72. The fourth-order valence-electron chi connectivity index (χ4n) is 5.79. The first-order valence-electron chi connectivity index (χ1n) is 12.7. The van der Waals surface area contributed by atoms with Gasteiger partial charge in [-0.25, -0.2) is 0 Å². The highest BCUT2D eigenvalue weighted by atomic mass is 16.5.